The molecule has 5 heteroatoms. The topological polar surface area (TPSA) is 68.0 Å². The Morgan fingerprint density at radius 2 is 2.47 bits per heavy atom. The van der Waals surface area contributed by atoms with Crippen LogP contribution in [0.1, 0.15) is 16.8 Å². The van der Waals surface area contributed by atoms with Crippen molar-refractivity contribution in [3.05, 3.63) is 24.0 Å². The molecule has 0 saturated carbocycles. The monoisotopic (exact) mass is 225 g/mol. The Balaban J connectivity index is 2.44. The van der Waals surface area contributed by atoms with Crippen LogP contribution in [0.15, 0.2) is 18.5 Å². The molecular formula is C10H15N3OS. The largest absolute Gasteiger partial charge is 0.398 e. The summed E-state index contributed by atoms with van der Waals surface area (Å²) in [6.45, 7) is 0.675. The fourth-order valence-electron chi connectivity index (χ4n) is 1.11. The zero-order chi connectivity index (χ0) is 11.1. The van der Waals surface area contributed by atoms with Gasteiger partial charge in [0.05, 0.1) is 5.56 Å². The van der Waals surface area contributed by atoms with Crippen LogP contribution in [0.25, 0.3) is 0 Å². The fourth-order valence-corrected chi connectivity index (χ4v) is 1.54. The van der Waals surface area contributed by atoms with Gasteiger partial charge in [-0.1, -0.05) is 0 Å². The highest BCUT2D eigenvalue weighted by Crippen LogP contribution is 2.07. The Hall–Kier alpha value is -1.23. The normalized spacial score (nSPS) is 9.93. The molecule has 1 aromatic heterocycles. The van der Waals surface area contributed by atoms with Crippen LogP contribution in [0.5, 0.6) is 0 Å². The third-order valence-electron chi connectivity index (χ3n) is 1.91. The van der Waals surface area contributed by atoms with E-state index in [1.807, 2.05) is 6.26 Å². The molecule has 1 heterocycles. The number of anilines is 1. The van der Waals surface area contributed by atoms with Gasteiger partial charge in [0.15, 0.2) is 0 Å². The standard InChI is InChI=1S/C10H15N3OS/c1-15-6-2-4-13-10(14)8-7-12-5-3-9(8)11/h3,5,7H,2,4,6H2,1H3,(H2,11,12)(H,13,14). The van der Waals surface area contributed by atoms with Crippen LogP contribution in [-0.2, 0) is 0 Å². The third-order valence-corrected chi connectivity index (χ3v) is 2.61. The summed E-state index contributed by atoms with van der Waals surface area (Å²) in [5.74, 6) is 0.893. The zero-order valence-corrected chi connectivity index (χ0v) is 9.51. The van der Waals surface area contributed by atoms with E-state index in [9.17, 15) is 4.79 Å². The van der Waals surface area contributed by atoms with Crippen LogP contribution in [-0.4, -0.2) is 29.4 Å². The number of nitrogens with two attached hydrogens (primary N) is 1. The maximum absolute atomic E-state index is 11.6. The molecule has 0 aliphatic heterocycles. The molecule has 0 unspecified atom stereocenters. The van der Waals surface area contributed by atoms with Gasteiger partial charge in [-0.3, -0.25) is 9.78 Å². The van der Waals surface area contributed by atoms with Crippen LogP contribution in [0.4, 0.5) is 5.69 Å². The number of carbonyl (C=O) groups is 1. The molecule has 4 nitrogen and oxygen atoms in total. The van der Waals surface area contributed by atoms with Gasteiger partial charge in [0, 0.05) is 24.6 Å². The summed E-state index contributed by atoms with van der Waals surface area (Å²) in [4.78, 5) is 15.5. The number of hydrogen-bond donors (Lipinski definition) is 2. The first-order valence-corrected chi connectivity index (χ1v) is 6.11. The molecule has 82 valence electrons. The first kappa shape index (κ1) is 11.8. The number of pyridine rings is 1. The molecule has 3 N–H and O–H groups in total. The van der Waals surface area contributed by atoms with Gasteiger partial charge in [0.2, 0.25) is 0 Å². The van der Waals surface area contributed by atoms with Crippen LogP contribution < -0.4 is 11.1 Å². The molecule has 1 aromatic rings. The highest BCUT2D eigenvalue weighted by molar-refractivity contribution is 7.98. The van der Waals surface area contributed by atoms with Crippen molar-refractivity contribution in [1.82, 2.24) is 10.3 Å². The highest BCUT2D eigenvalue weighted by Gasteiger charge is 2.07. The smallest absolute Gasteiger partial charge is 0.254 e. The SMILES string of the molecule is CSCCCNC(=O)c1cnccc1N. The van der Waals surface area contributed by atoms with Gasteiger partial charge in [-0.15, -0.1) is 0 Å². The van der Waals surface area contributed by atoms with Crippen LogP contribution in [0.3, 0.4) is 0 Å². The van der Waals surface area contributed by atoms with E-state index < -0.39 is 0 Å². The average Bonchev–Trinajstić information content (AvgIpc) is 2.25. The number of nitrogens with one attached hydrogen (secondary N) is 1. The lowest BCUT2D eigenvalue weighted by atomic mass is 10.2. The summed E-state index contributed by atoms with van der Waals surface area (Å²) < 4.78 is 0. The van der Waals surface area contributed by atoms with Crippen molar-refractivity contribution in [3.8, 4) is 0 Å². The molecule has 0 spiro atoms. The molecule has 0 saturated heterocycles. The molecule has 1 amide bonds. The van der Waals surface area contributed by atoms with E-state index in [2.05, 4.69) is 10.3 Å². The first-order valence-electron chi connectivity index (χ1n) is 4.72. The predicted octanol–water partition coefficient (Wildman–Crippen LogP) is 1.15. The summed E-state index contributed by atoms with van der Waals surface area (Å²) in [6.07, 6.45) is 6.06. The summed E-state index contributed by atoms with van der Waals surface area (Å²) in [6, 6.07) is 1.62. The molecule has 0 aliphatic rings. The predicted molar refractivity (Wildman–Crippen MR) is 64.0 cm³/mol. The number of nitrogen functional groups attached to an aromatic ring is 1. The number of carbonyl (C=O) groups excluding carboxylic acids is 1. The van der Waals surface area contributed by atoms with Gasteiger partial charge >= 0.3 is 0 Å². The van der Waals surface area contributed by atoms with Crippen molar-refractivity contribution in [2.24, 2.45) is 0 Å². The summed E-state index contributed by atoms with van der Waals surface area (Å²) in [5.41, 5.74) is 6.56. The Bertz CT molecular complexity index is 330. The van der Waals surface area contributed by atoms with Crippen molar-refractivity contribution in [2.75, 3.05) is 24.3 Å². The van der Waals surface area contributed by atoms with E-state index in [0.29, 0.717) is 17.8 Å². The number of aromatic nitrogens is 1. The molecule has 0 radical (unpaired) electrons. The molecule has 0 aromatic carbocycles. The van der Waals surface area contributed by atoms with Crippen molar-refractivity contribution >= 4 is 23.4 Å². The van der Waals surface area contributed by atoms with Gasteiger partial charge in [-0.25, -0.2) is 0 Å². The van der Waals surface area contributed by atoms with Gasteiger partial charge in [0.1, 0.15) is 0 Å². The van der Waals surface area contributed by atoms with Gasteiger partial charge in [0.25, 0.3) is 5.91 Å². The molecular weight excluding hydrogens is 210 g/mol. The molecule has 0 aliphatic carbocycles. The molecule has 0 fully saturated rings. The van der Waals surface area contributed by atoms with Crippen LogP contribution in [0, 0.1) is 0 Å². The Labute approximate surface area is 93.7 Å². The summed E-state index contributed by atoms with van der Waals surface area (Å²) in [7, 11) is 0. The Morgan fingerprint density at radius 1 is 1.67 bits per heavy atom. The lowest BCUT2D eigenvalue weighted by molar-refractivity contribution is 0.0954. The molecule has 1 rings (SSSR count). The Kier molecular flexibility index (Phi) is 4.97. The van der Waals surface area contributed by atoms with E-state index in [0.717, 1.165) is 12.2 Å². The maximum atomic E-state index is 11.6. The minimum Gasteiger partial charge on any atom is -0.398 e. The second-order valence-corrected chi connectivity index (χ2v) is 4.05. The van der Waals surface area contributed by atoms with Gasteiger partial charge in [-0.2, -0.15) is 11.8 Å². The van der Waals surface area contributed by atoms with Crippen molar-refractivity contribution < 1.29 is 4.79 Å². The minimum atomic E-state index is -0.151. The number of nitrogens with zero attached hydrogens (tertiary/aromatic N) is 1. The van der Waals surface area contributed by atoms with Gasteiger partial charge < -0.3 is 11.1 Å². The van der Waals surface area contributed by atoms with E-state index >= 15 is 0 Å². The lowest BCUT2D eigenvalue weighted by Crippen LogP contribution is -2.25. The van der Waals surface area contributed by atoms with E-state index in [4.69, 9.17) is 5.73 Å². The van der Waals surface area contributed by atoms with E-state index in [1.165, 1.54) is 6.20 Å². The number of thioether (sulfide) groups is 1. The average molecular weight is 225 g/mol. The number of hydrogen-bond acceptors (Lipinski definition) is 4. The third kappa shape index (κ3) is 3.79. The highest BCUT2D eigenvalue weighted by atomic mass is 32.2. The summed E-state index contributed by atoms with van der Waals surface area (Å²) in [5, 5.41) is 2.80. The van der Waals surface area contributed by atoms with Crippen molar-refractivity contribution in [3.63, 3.8) is 0 Å². The summed E-state index contributed by atoms with van der Waals surface area (Å²) >= 11 is 1.76. The maximum Gasteiger partial charge on any atom is 0.254 e. The van der Waals surface area contributed by atoms with Crippen molar-refractivity contribution in [2.45, 2.75) is 6.42 Å². The van der Waals surface area contributed by atoms with Crippen LogP contribution >= 0.6 is 11.8 Å². The van der Waals surface area contributed by atoms with E-state index in [1.54, 1.807) is 24.0 Å². The fraction of sp³-hybridized carbons (Fsp3) is 0.400. The minimum absolute atomic E-state index is 0.151. The van der Waals surface area contributed by atoms with E-state index in [-0.39, 0.29) is 5.91 Å². The number of amides is 1. The lowest BCUT2D eigenvalue weighted by Gasteiger charge is -2.05. The Morgan fingerprint density at radius 3 is 3.13 bits per heavy atom. The second kappa shape index (κ2) is 6.29. The second-order valence-electron chi connectivity index (χ2n) is 3.07. The van der Waals surface area contributed by atoms with Crippen molar-refractivity contribution in [1.29, 1.82) is 0 Å². The van der Waals surface area contributed by atoms with Gasteiger partial charge in [-0.05, 0) is 24.5 Å². The zero-order valence-electron chi connectivity index (χ0n) is 8.69. The molecule has 15 heavy (non-hydrogen) atoms. The quantitative estimate of drug-likeness (QED) is 0.738. The number of rotatable bonds is 5. The molecule has 0 bridgehead atoms. The molecule has 0 atom stereocenters. The van der Waals surface area contributed by atoms with Crippen LogP contribution in [0.2, 0.25) is 0 Å². The first-order chi connectivity index (χ1) is 7.25.